The molecule has 0 unspecified atom stereocenters. The highest BCUT2D eigenvalue weighted by molar-refractivity contribution is 6.29. The maximum atomic E-state index is 11.7. The number of ether oxygens (including phenoxy) is 3. The summed E-state index contributed by atoms with van der Waals surface area (Å²) in [5.41, 5.74) is 6.08. The number of nitrogens with two attached hydrogens (primary N) is 1. The number of nitrogen functional groups attached to an aromatic ring is 1. The lowest BCUT2D eigenvalue weighted by atomic mass is 10.2. The van der Waals surface area contributed by atoms with E-state index in [-0.39, 0.29) is 23.0 Å². The van der Waals surface area contributed by atoms with Crippen molar-refractivity contribution in [1.82, 2.24) is 4.98 Å². The van der Waals surface area contributed by atoms with E-state index in [4.69, 9.17) is 31.5 Å². The molecule has 0 aliphatic heterocycles. The van der Waals surface area contributed by atoms with Crippen LogP contribution in [-0.2, 0) is 14.2 Å². The van der Waals surface area contributed by atoms with Gasteiger partial charge in [0.1, 0.15) is 5.15 Å². The molecule has 0 fully saturated rings. The maximum Gasteiger partial charge on any atom is 0.340 e. The van der Waals surface area contributed by atoms with E-state index in [0.29, 0.717) is 26.2 Å². The molecule has 1 aromatic heterocycles. The fourth-order valence-electron chi connectivity index (χ4n) is 1.27. The van der Waals surface area contributed by atoms with Crippen molar-refractivity contribution in [2.45, 2.75) is 6.42 Å². The summed E-state index contributed by atoms with van der Waals surface area (Å²) in [7, 11) is 1.61. The fraction of sp³-hybridized carbons (Fsp3) is 0.500. The van der Waals surface area contributed by atoms with Crippen molar-refractivity contribution in [2.24, 2.45) is 0 Å². The van der Waals surface area contributed by atoms with Gasteiger partial charge in [-0.15, -0.1) is 0 Å². The summed E-state index contributed by atoms with van der Waals surface area (Å²) in [6, 6.07) is 1.38. The zero-order valence-corrected chi connectivity index (χ0v) is 11.5. The summed E-state index contributed by atoms with van der Waals surface area (Å²) < 4.78 is 15.1. The van der Waals surface area contributed by atoms with Crippen LogP contribution < -0.4 is 5.73 Å². The molecule has 1 rings (SSSR count). The molecule has 2 N–H and O–H groups in total. The van der Waals surface area contributed by atoms with E-state index in [0.717, 1.165) is 0 Å². The molecule has 0 aliphatic carbocycles. The molecule has 0 aliphatic rings. The average Bonchev–Trinajstić information content (AvgIpc) is 2.40. The van der Waals surface area contributed by atoms with Gasteiger partial charge in [0.25, 0.3) is 0 Å². The van der Waals surface area contributed by atoms with Gasteiger partial charge in [-0.1, -0.05) is 11.6 Å². The van der Waals surface area contributed by atoms with Crippen LogP contribution in [-0.4, -0.2) is 44.5 Å². The number of rotatable bonds is 8. The number of carbonyl (C=O) groups excluding carboxylic acids is 1. The Kier molecular flexibility index (Phi) is 7.17. The normalized spacial score (nSPS) is 10.4. The van der Waals surface area contributed by atoms with Crippen LogP contribution in [0.15, 0.2) is 12.3 Å². The van der Waals surface area contributed by atoms with E-state index in [2.05, 4.69) is 4.98 Å². The number of aromatic nitrogens is 1. The number of hydrogen-bond donors (Lipinski definition) is 1. The van der Waals surface area contributed by atoms with Crippen molar-refractivity contribution in [3.05, 3.63) is 23.0 Å². The molecule has 0 bridgehead atoms. The van der Waals surface area contributed by atoms with E-state index in [1.807, 2.05) is 0 Å². The Balaban J connectivity index is 2.26. The minimum absolute atomic E-state index is 0.198. The van der Waals surface area contributed by atoms with E-state index in [1.165, 1.54) is 12.3 Å². The minimum Gasteiger partial charge on any atom is -0.462 e. The van der Waals surface area contributed by atoms with Crippen LogP contribution >= 0.6 is 11.6 Å². The van der Waals surface area contributed by atoms with Gasteiger partial charge in [0.05, 0.1) is 37.3 Å². The first-order valence-corrected chi connectivity index (χ1v) is 6.17. The first kappa shape index (κ1) is 15.7. The number of anilines is 1. The maximum absolute atomic E-state index is 11.7. The van der Waals surface area contributed by atoms with Crippen molar-refractivity contribution in [3.63, 3.8) is 0 Å². The van der Waals surface area contributed by atoms with Crippen LogP contribution in [0.1, 0.15) is 16.8 Å². The smallest absolute Gasteiger partial charge is 0.340 e. The van der Waals surface area contributed by atoms with E-state index >= 15 is 0 Å². The molecule has 0 spiro atoms. The van der Waals surface area contributed by atoms with Crippen LogP contribution in [0.5, 0.6) is 0 Å². The van der Waals surface area contributed by atoms with Crippen molar-refractivity contribution >= 4 is 23.3 Å². The van der Waals surface area contributed by atoms with Gasteiger partial charge < -0.3 is 19.9 Å². The molecular formula is C12H17ClN2O4. The zero-order valence-electron chi connectivity index (χ0n) is 10.7. The monoisotopic (exact) mass is 288 g/mol. The van der Waals surface area contributed by atoms with E-state index < -0.39 is 5.97 Å². The molecule has 6 nitrogen and oxygen atoms in total. The Morgan fingerprint density at radius 2 is 2.16 bits per heavy atom. The molecule has 0 saturated heterocycles. The Morgan fingerprint density at radius 1 is 1.37 bits per heavy atom. The SMILES string of the molecule is COCCOCCCOC(=O)c1cc(Cl)ncc1N. The van der Waals surface area contributed by atoms with Crippen molar-refractivity contribution in [3.8, 4) is 0 Å². The van der Waals surface area contributed by atoms with Gasteiger partial charge in [-0.25, -0.2) is 9.78 Å². The molecular weight excluding hydrogens is 272 g/mol. The summed E-state index contributed by atoms with van der Waals surface area (Å²) >= 11 is 5.69. The molecule has 0 radical (unpaired) electrons. The molecule has 7 heteroatoms. The van der Waals surface area contributed by atoms with Crippen LogP contribution in [0.25, 0.3) is 0 Å². The molecule has 106 valence electrons. The number of methoxy groups -OCH3 is 1. The highest BCUT2D eigenvalue weighted by atomic mass is 35.5. The Morgan fingerprint density at radius 3 is 2.89 bits per heavy atom. The quantitative estimate of drug-likeness (QED) is 0.444. The first-order valence-electron chi connectivity index (χ1n) is 5.80. The number of halogens is 1. The lowest BCUT2D eigenvalue weighted by molar-refractivity contribution is 0.0386. The lowest BCUT2D eigenvalue weighted by Crippen LogP contribution is -2.11. The van der Waals surface area contributed by atoms with Crippen LogP contribution in [0.4, 0.5) is 5.69 Å². The molecule has 19 heavy (non-hydrogen) atoms. The number of carbonyl (C=O) groups is 1. The topological polar surface area (TPSA) is 83.7 Å². The van der Waals surface area contributed by atoms with Crippen LogP contribution in [0.2, 0.25) is 5.15 Å². The van der Waals surface area contributed by atoms with E-state index in [1.54, 1.807) is 7.11 Å². The van der Waals surface area contributed by atoms with Gasteiger partial charge in [0.15, 0.2) is 0 Å². The second-order valence-corrected chi connectivity index (χ2v) is 4.08. The third-order valence-electron chi connectivity index (χ3n) is 2.22. The zero-order chi connectivity index (χ0) is 14.1. The number of esters is 1. The fourth-order valence-corrected chi connectivity index (χ4v) is 1.42. The van der Waals surface area contributed by atoms with Gasteiger partial charge in [-0.3, -0.25) is 0 Å². The molecule has 0 saturated carbocycles. The van der Waals surface area contributed by atoms with Gasteiger partial charge >= 0.3 is 5.97 Å². The molecule has 0 aromatic carbocycles. The third kappa shape index (κ3) is 5.87. The summed E-state index contributed by atoms with van der Waals surface area (Å²) in [4.78, 5) is 15.5. The summed E-state index contributed by atoms with van der Waals surface area (Å²) in [6.07, 6.45) is 1.93. The average molecular weight is 289 g/mol. The van der Waals surface area contributed by atoms with Gasteiger partial charge in [0.2, 0.25) is 0 Å². The summed E-state index contributed by atoms with van der Waals surface area (Å²) in [6.45, 7) is 1.83. The molecule has 0 atom stereocenters. The molecule has 1 heterocycles. The van der Waals surface area contributed by atoms with Crippen LogP contribution in [0, 0.1) is 0 Å². The molecule has 1 aromatic rings. The second-order valence-electron chi connectivity index (χ2n) is 3.69. The van der Waals surface area contributed by atoms with Gasteiger partial charge in [-0.2, -0.15) is 0 Å². The summed E-state index contributed by atoms with van der Waals surface area (Å²) in [5, 5.41) is 0.198. The van der Waals surface area contributed by atoms with Crippen LogP contribution in [0.3, 0.4) is 0 Å². The Hall–Kier alpha value is -1.37. The standard InChI is InChI=1S/C12H17ClN2O4/c1-17-5-6-18-3-2-4-19-12(16)9-7-11(13)15-8-10(9)14/h7-8H,2-6,14H2,1H3. The van der Waals surface area contributed by atoms with Crippen molar-refractivity contribution in [2.75, 3.05) is 39.3 Å². The van der Waals surface area contributed by atoms with Crippen molar-refractivity contribution in [1.29, 1.82) is 0 Å². The second kappa shape index (κ2) is 8.68. The van der Waals surface area contributed by atoms with Gasteiger partial charge in [0, 0.05) is 20.1 Å². The predicted octanol–water partition coefficient (Wildman–Crippen LogP) is 1.53. The molecule has 0 amide bonds. The number of pyridine rings is 1. The van der Waals surface area contributed by atoms with Crippen molar-refractivity contribution < 1.29 is 19.0 Å². The Bertz CT molecular complexity index is 415. The minimum atomic E-state index is -0.515. The highest BCUT2D eigenvalue weighted by Gasteiger charge is 2.12. The predicted molar refractivity (Wildman–Crippen MR) is 71.3 cm³/mol. The first-order chi connectivity index (χ1) is 9.15. The third-order valence-corrected chi connectivity index (χ3v) is 2.43. The van der Waals surface area contributed by atoms with Gasteiger partial charge in [-0.05, 0) is 6.07 Å². The van der Waals surface area contributed by atoms with E-state index in [9.17, 15) is 4.79 Å². The number of hydrogen-bond acceptors (Lipinski definition) is 6. The largest absolute Gasteiger partial charge is 0.462 e. The Labute approximate surface area is 116 Å². The lowest BCUT2D eigenvalue weighted by Gasteiger charge is -2.07. The summed E-state index contributed by atoms with van der Waals surface area (Å²) in [5.74, 6) is -0.515. The number of nitrogens with zero attached hydrogens (tertiary/aromatic N) is 1. The highest BCUT2D eigenvalue weighted by Crippen LogP contribution is 2.15.